The Morgan fingerprint density at radius 2 is 1.85 bits per heavy atom. The number of aryl methyl sites for hydroxylation is 2. The number of fused-ring (bicyclic) bond motifs is 1. The van der Waals surface area contributed by atoms with Gasteiger partial charge in [-0.1, -0.05) is 36.8 Å². The van der Waals surface area contributed by atoms with Crippen LogP contribution in [0.2, 0.25) is 0 Å². The van der Waals surface area contributed by atoms with E-state index in [0.29, 0.717) is 28.2 Å². The Labute approximate surface area is 157 Å². The Morgan fingerprint density at radius 3 is 2.59 bits per heavy atom. The number of hydrogen-bond donors (Lipinski definition) is 1. The van der Waals surface area contributed by atoms with Crippen LogP contribution in [-0.2, 0) is 6.42 Å². The van der Waals surface area contributed by atoms with Crippen LogP contribution in [0.4, 0.5) is 5.69 Å². The Bertz CT molecular complexity index is 1110. The molecule has 0 bridgehead atoms. The molecule has 4 nitrogen and oxygen atoms in total. The van der Waals surface area contributed by atoms with Crippen molar-refractivity contribution in [2.45, 2.75) is 20.3 Å². The molecule has 1 aromatic heterocycles. The summed E-state index contributed by atoms with van der Waals surface area (Å²) in [5.41, 5.74) is 6.02. The summed E-state index contributed by atoms with van der Waals surface area (Å²) >= 11 is 0. The van der Waals surface area contributed by atoms with E-state index in [0.717, 1.165) is 17.5 Å². The third-order valence-electron chi connectivity index (χ3n) is 4.53. The highest BCUT2D eigenvalue weighted by atomic mass is 16.3. The van der Waals surface area contributed by atoms with Crippen molar-refractivity contribution in [3.8, 4) is 11.5 Å². The molecule has 4 rings (SSSR count). The van der Waals surface area contributed by atoms with Crippen LogP contribution in [-0.4, -0.2) is 10.9 Å². The van der Waals surface area contributed by atoms with E-state index in [1.54, 1.807) is 0 Å². The Morgan fingerprint density at radius 1 is 1.04 bits per heavy atom. The van der Waals surface area contributed by atoms with Crippen molar-refractivity contribution in [2.75, 3.05) is 5.32 Å². The fourth-order valence-corrected chi connectivity index (χ4v) is 3.00. The monoisotopic (exact) mass is 356 g/mol. The number of nitrogens with one attached hydrogen (secondary N) is 1. The Balaban J connectivity index is 1.58. The lowest BCUT2D eigenvalue weighted by Crippen LogP contribution is -2.11. The van der Waals surface area contributed by atoms with Crippen LogP contribution in [0, 0.1) is 6.92 Å². The third kappa shape index (κ3) is 3.60. The normalized spacial score (nSPS) is 10.9. The molecule has 0 aliphatic carbocycles. The first-order chi connectivity index (χ1) is 13.1. The highest BCUT2D eigenvalue weighted by Crippen LogP contribution is 2.27. The number of oxazole rings is 1. The minimum absolute atomic E-state index is 0.139. The predicted octanol–water partition coefficient (Wildman–Crippen LogP) is 5.62. The molecule has 0 atom stereocenters. The first-order valence-electron chi connectivity index (χ1n) is 9.00. The molecule has 1 amide bonds. The van der Waals surface area contributed by atoms with Gasteiger partial charge in [-0.05, 0) is 61.4 Å². The molecule has 0 spiro atoms. The molecule has 0 unspecified atom stereocenters. The van der Waals surface area contributed by atoms with Crippen LogP contribution in [0.1, 0.15) is 28.4 Å². The second-order valence-electron chi connectivity index (χ2n) is 6.58. The molecule has 4 heteroatoms. The molecule has 0 aliphatic rings. The smallest absolute Gasteiger partial charge is 0.255 e. The molecule has 27 heavy (non-hydrogen) atoms. The van der Waals surface area contributed by atoms with Crippen LogP contribution in [0.3, 0.4) is 0 Å². The number of nitrogens with zero attached hydrogens (tertiary/aromatic N) is 1. The van der Waals surface area contributed by atoms with Crippen molar-refractivity contribution in [3.63, 3.8) is 0 Å². The molecule has 0 saturated heterocycles. The van der Waals surface area contributed by atoms with Crippen molar-refractivity contribution >= 4 is 22.7 Å². The summed E-state index contributed by atoms with van der Waals surface area (Å²) in [6.45, 7) is 4.13. The first-order valence-corrected chi connectivity index (χ1v) is 9.00. The Hall–Kier alpha value is -3.40. The minimum atomic E-state index is -0.139. The van der Waals surface area contributed by atoms with Gasteiger partial charge in [0.05, 0.1) is 0 Å². The topological polar surface area (TPSA) is 55.1 Å². The molecule has 134 valence electrons. The summed E-state index contributed by atoms with van der Waals surface area (Å²) in [6.07, 6.45) is 0.952. The number of carbonyl (C=O) groups is 1. The molecule has 0 fully saturated rings. The second-order valence-corrected chi connectivity index (χ2v) is 6.58. The number of rotatable bonds is 4. The molecule has 0 aliphatic heterocycles. The van der Waals surface area contributed by atoms with Crippen molar-refractivity contribution in [1.29, 1.82) is 0 Å². The lowest BCUT2D eigenvalue weighted by molar-refractivity contribution is 0.102. The number of benzene rings is 3. The van der Waals surface area contributed by atoms with Gasteiger partial charge in [0.25, 0.3) is 5.91 Å². The maximum absolute atomic E-state index is 12.5. The molecule has 3 aromatic carbocycles. The fraction of sp³-hybridized carbons (Fsp3) is 0.130. The van der Waals surface area contributed by atoms with E-state index in [9.17, 15) is 4.79 Å². The van der Waals surface area contributed by atoms with Gasteiger partial charge < -0.3 is 9.73 Å². The summed E-state index contributed by atoms with van der Waals surface area (Å²) in [6, 6.07) is 21.2. The van der Waals surface area contributed by atoms with Gasteiger partial charge in [-0.3, -0.25) is 4.79 Å². The molecule has 0 radical (unpaired) electrons. The van der Waals surface area contributed by atoms with E-state index in [1.165, 1.54) is 5.56 Å². The number of carbonyl (C=O) groups excluding carboxylic acids is 1. The average molecular weight is 356 g/mol. The molecule has 1 heterocycles. The van der Waals surface area contributed by atoms with Crippen molar-refractivity contribution < 1.29 is 9.21 Å². The van der Waals surface area contributed by atoms with E-state index in [1.807, 2.05) is 73.7 Å². The zero-order valence-electron chi connectivity index (χ0n) is 15.3. The summed E-state index contributed by atoms with van der Waals surface area (Å²) in [4.78, 5) is 17.0. The van der Waals surface area contributed by atoms with E-state index < -0.39 is 0 Å². The molecule has 4 aromatic rings. The van der Waals surface area contributed by atoms with Gasteiger partial charge in [0.1, 0.15) is 5.52 Å². The standard InChI is InChI=1S/C23H20N2O2/c1-3-16-7-9-17(10-8-16)22(26)24-19-11-12-21-20(14-19)25-23(27-21)18-6-4-5-15(2)13-18/h4-14H,3H2,1-2H3,(H,24,26). The van der Waals surface area contributed by atoms with Crippen molar-refractivity contribution in [2.24, 2.45) is 0 Å². The van der Waals surface area contributed by atoms with Gasteiger partial charge in [-0.15, -0.1) is 0 Å². The van der Waals surface area contributed by atoms with Crippen LogP contribution >= 0.6 is 0 Å². The van der Waals surface area contributed by atoms with Crippen LogP contribution in [0.5, 0.6) is 0 Å². The van der Waals surface area contributed by atoms with E-state index >= 15 is 0 Å². The number of amides is 1. The summed E-state index contributed by atoms with van der Waals surface area (Å²) in [5, 5.41) is 2.93. The number of hydrogen-bond acceptors (Lipinski definition) is 3. The highest BCUT2D eigenvalue weighted by Gasteiger charge is 2.11. The van der Waals surface area contributed by atoms with E-state index in [4.69, 9.17) is 4.42 Å². The number of aromatic nitrogens is 1. The largest absolute Gasteiger partial charge is 0.436 e. The molecule has 1 N–H and O–H groups in total. The lowest BCUT2D eigenvalue weighted by atomic mass is 10.1. The summed E-state index contributed by atoms with van der Waals surface area (Å²) in [7, 11) is 0. The van der Waals surface area contributed by atoms with Gasteiger partial charge in [-0.2, -0.15) is 0 Å². The zero-order chi connectivity index (χ0) is 18.8. The van der Waals surface area contributed by atoms with E-state index in [2.05, 4.69) is 17.2 Å². The molecular formula is C23H20N2O2. The predicted molar refractivity (Wildman–Crippen MR) is 108 cm³/mol. The van der Waals surface area contributed by atoms with E-state index in [-0.39, 0.29) is 5.91 Å². The van der Waals surface area contributed by atoms with Crippen molar-refractivity contribution in [1.82, 2.24) is 4.98 Å². The van der Waals surface area contributed by atoms with Gasteiger partial charge in [0.2, 0.25) is 5.89 Å². The maximum atomic E-state index is 12.5. The SMILES string of the molecule is CCc1ccc(C(=O)Nc2ccc3oc(-c4cccc(C)c4)nc3c2)cc1. The zero-order valence-corrected chi connectivity index (χ0v) is 15.3. The minimum Gasteiger partial charge on any atom is -0.436 e. The van der Waals surface area contributed by atoms with Gasteiger partial charge >= 0.3 is 0 Å². The summed E-state index contributed by atoms with van der Waals surface area (Å²) < 4.78 is 5.86. The maximum Gasteiger partial charge on any atom is 0.255 e. The van der Waals surface area contributed by atoms with Crippen LogP contribution < -0.4 is 5.32 Å². The third-order valence-corrected chi connectivity index (χ3v) is 4.53. The van der Waals surface area contributed by atoms with Crippen LogP contribution in [0.25, 0.3) is 22.6 Å². The van der Waals surface area contributed by atoms with Crippen molar-refractivity contribution in [3.05, 3.63) is 83.4 Å². The number of anilines is 1. The molecular weight excluding hydrogens is 336 g/mol. The first kappa shape index (κ1) is 17.0. The van der Waals surface area contributed by atoms with Gasteiger partial charge in [0, 0.05) is 16.8 Å². The second kappa shape index (κ2) is 7.08. The highest BCUT2D eigenvalue weighted by molar-refractivity contribution is 6.05. The van der Waals surface area contributed by atoms with Crippen LogP contribution in [0.15, 0.2) is 71.1 Å². The van der Waals surface area contributed by atoms with Gasteiger partial charge in [0.15, 0.2) is 5.58 Å². The average Bonchev–Trinajstić information content (AvgIpc) is 3.11. The van der Waals surface area contributed by atoms with Gasteiger partial charge in [-0.25, -0.2) is 4.98 Å². The summed E-state index contributed by atoms with van der Waals surface area (Å²) in [5.74, 6) is 0.437. The molecule has 0 saturated carbocycles. The fourth-order valence-electron chi connectivity index (χ4n) is 3.00. The quantitative estimate of drug-likeness (QED) is 0.516. The Kier molecular flexibility index (Phi) is 4.47. The lowest BCUT2D eigenvalue weighted by Gasteiger charge is -2.05.